The molecule has 19 heteroatoms. The van der Waals surface area contributed by atoms with Gasteiger partial charge in [0.05, 0.1) is 26.4 Å². The lowest BCUT2D eigenvalue weighted by Crippen LogP contribution is -2.30. The number of ether oxygens (including phenoxy) is 4. The highest BCUT2D eigenvalue weighted by atomic mass is 31.2. The van der Waals surface area contributed by atoms with Gasteiger partial charge in [0.2, 0.25) is 0 Å². The quantitative estimate of drug-likeness (QED) is 0.0222. The molecule has 17 nitrogen and oxygen atoms in total. The van der Waals surface area contributed by atoms with Crippen LogP contribution in [0, 0.1) is 23.7 Å². The fourth-order valence-electron chi connectivity index (χ4n) is 12.6. The van der Waals surface area contributed by atoms with E-state index in [1.807, 2.05) is 0 Å². The van der Waals surface area contributed by atoms with E-state index in [9.17, 15) is 43.2 Å². The van der Waals surface area contributed by atoms with Crippen LogP contribution in [0.1, 0.15) is 421 Å². The minimum absolute atomic E-state index is 0.101. The largest absolute Gasteiger partial charge is 0.472 e. The van der Waals surface area contributed by atoms with Crippen LogP contribution in [0.25, 0.3) is 0 Å². The Morgan fingerprint density at radius 1 is 0.277 bits per heavy atom. The van der Waals surface area contributed by atoms with Crippen molar-refractivity contribution in [2.24, 2.45) is 23.7 Å². The van der Waals surface area contributed by atoms with E-state index in [2.05, 4.69) is 55.4 Å². The highest BCUT2D eigenvalue weighted by Crippen LogP contribution is 2.45. The van der Waals surface area contributed by atoms with Gasteiger partial charge < -0.3 is 33.8 Å². The van der Waals surface area contributed by atoms with Crippen LogP contribution < -0.4 is 0 Å². The van der Waals surface area contributed by atoms with Gasteiger partial charge in [-0.25, -0.2) is 9.13 Å². The van der Waals surface area contributed by atoms with Crippen molar-refractivity contribution in [3.63, 3.8) is 0 Å². The highest BCUT2D eigenvalue weighted by molar-refractivity contribution is 7.47. The molecule has 0 saturated heterocycles. The third kappa shape index (κ3) is 74.7. The van der Waals surface area contributed by atoms with Crippen molar-refractivity contribution >= 4 is 39.5 Å². The van der Waals surface area contributed by atoms with E-state index in [1.54, 1.807) is 0 Å². The summed E-state index contributed by atoms with van der Waals surface area (Å²) in [6, 6.07) is 0. The van der Waals surface area contributed by atoms with Crippen molar-refractivity contribution in [1.82, 2.24) is 0 Å². The Hall–Kier alpha value is -1.94. The number of carbonyl (C=O) groups excluding carboxylic acids is 4. The van der Waals surface area contributed by atoms with Gasteiger partial charge in [0, 0.05) is 25.7 Å². The number of phosphoric ester groups is 2. The predicted octanol–water partition coefficient (Wildman–Crippen LogP) is 24.4. The molecule has 0 aromatic carbocycles. The number of hydrogen-bond acceptors (Lipinski definition) is 15. The van der Waals surface area contributed by atoms with E-state index < -0.39 is 97.5 Å². The fourth-order valence-corrected chi connectivity index (χ4v) is 14.2. The summed E-state index contributed by atoms with van der Waals surface area (Å²) < 4.78 is 68.6. The summed E-state index contributed by atoms with van der Waals surface area (Å²) in [5, 5.41) is 10.6. The van der Waals surface area contributed by atoms with Crippen LogP contribution >= 0.6 is 15.6 Å². The molecule has 0 aromatic rings. The monoisotopic (exact) mass is 1480 g/mol. The number of esters is 4. The molecule has 0 aromatic heterocycles. The third-order valence-corrected chi connectivity index (χ3v) is 21.3. The maximum absolute atomic E-state index is 13.1. The lowest BCUT2D eigenvalue weighted by atomic mass is 9.99. The molecular formula is C82H160O17P2. The molecule has 0 radical (unpaired) electrons. The van der Waals surface area contributed by atoms with Gasteiger partial charge >= 0.3 is 39.5 Å². The smallest absolute Gasteiger partial charge is 0.462 e. The van der Waals surface area contributed by atoms with Gasteiger partial charge in [0.1, 0.15) is 19.3 Å². The maximum Gasteiger partial charge on any atom is 0.472 e. The predicted molar refractivity (Wildman–Crippen MR) is 414 cm³/mol. The van der Waals surface area contributed by atoms with Crippen molar-refractivity contribution in [2.45, 2.75) is 440 Å². The van der Waals surface area contributed by atoms with Crippen LogP contribution in [-0.2, 0) is 65.4 Å². The molecular weight excluding hydrogens is 1320 g/mol. The van der Waals surface area contributed by atoms with Gasteiger partial charge in [0.25, 0.3) is 0 Å². The summed E-state index contributed by atoms with van der Waals surface area (Å²) in [5.74, 6) is 0.960. The minimum Gasteiger partial charge on any atom is -0.462 e. The van der Waals surface area contributed by atoms with Gasteiger partial charge in [-0.15, -0.1) is 0 Å². The van der Waals surface area contributed by atoms with Gasteiger partial charge in [0.15, 0.2) is 12.2 Å². The first-order valence-electron chi connectivity index (χ1n) is 42.2. The molecule has 101 heavy (non-hydrogen) atoms. The van der Waals surface area contributed by atoms with Crippen LogP contribution in [0.5, 0.6) is 0 Å². The van der Waals surface area contributed by atoms with Gasteiger partial charge in [-0.3, -0.25) is 37.3 Å². The number of phosphoric acid groups is 2. The SMILES string of the molecule is CCC(C)CCCCCCCCCCCCCCCCCCCCC(=O)O[C@H](COC(=O)CCCCCCCCCCCCCCCCCCC(C)C)COP(=O)(O)OCC(O)COP(=O)(O)OC[C@@H](COC(=O)CCCCCCCCCCC(C)C)OC(=O)CCCCCCCCC(C)C. The van der Waals surface area contributed by atoms with Gasteiger partial charge in [-0.1, -0.05) is 370 Å². The first-order chi connectivity index (χ1) is 48.6. The van der Waals surface area contributed by atoms with E-state index in [0.717, 1.165) is 108 Å². The zero-order valence-corrected chi connectivity index (χ0v) is 68.3. The molecule has 0 aliphatic carbocycles. The fraction of sp³-hybridized carbons (Fsp3) is 0.951. The van der Waals surface area contributed by atoms with Gasteiger partial charge in [-0.2, -0.15) is 0 Å². The van der Waals surface area contributed by atoms with Crippen molar-refractivity contribution in [3.8, 4) is 0 Å². The summed E-state index contributed by atoms with van der Waals surface area (Å²) >= 11 is 0. The van der Waals surface area contributed by atoms with E-state index in [0.29, 0.717) is 31.6 Å². The second-order valence-electron chi connectivity index (χ2n) is 31.2. The molecule has 0 rings (SSSR count). The Morgan fingerprint density at radius 2 is 0.475 bits per heavy atom. The molecule has 0 spiro atoms. The Labute approximate surface area is 619 Å². The topological polar surface area (TPSA) is 237 Å². The summed E-state index contributed by atoms with van der Waals surface area (Å²) in [7, 11) is -9.92. The summed E-state index contributed by atoms with van der Waals surface area (Å²) in [4.78, 5) is 72.9. The molecule has 0 aliphatic heterocycles. The summed E-state index contributed by atoms with van der Waals surface area (Å²) in [6.07, 6.45) is 58.7. The van der Waals surface area contributed by atoms with Crippen molar-refractivity contribution in [1.29, 1.82) is 0 Å². The lowest BCUT2D eigenvalue weighted by molar-refractivity contribution is -0.161. The zero-order chi connectivity index (χ0) is 74.6. The Morgan fingerprint density at radius 3 is 0.703 bits per heavy atom. The molecule has 6 atom stereocenters. The molecule has 600 valence electrons. The van der Waals surface area contributed by atoms with Crippen LogP contribution in [0.3, 0.4) is 0 Å². The normalized spacial score (nSPS) is 14.3. The highest BCUT2D eigenvalue weighted by Gasteiger charge is 2.30. The molecule has 0 fully saturated rings. The molecule has 3 N–H and O–H groups in total. The summed E-state index contributed by atoms with van der Waals surface area (Å²) in [5.41, 5.74) is 0. The van der Waals surface area contributed by atoms with Crippen LogP contribution in [0.4, 0.5) is 0 Å². The van der Waals surface area contributed by atoms with E-state index in [4.69, 9.17) is 37.0 Å². The van der Waals surface area contributed by atoms with E-state index in [1.165, 1.54) is 225 Å². The number of aliphatic hydroxyl groups excluding tert-OH is 1. The first kappa shape index (κ1) is 99.1. The molecule has 0 saturated carbocycles. The van der Waals surface area contributed by atoms with Crippen LogP contribution in [0.15, 0.2) is 0 Å². The second-order valence-corrected chi connectivity index (χ2v) is 34.1. The Balaban J connectivity index is 5.18. The maximum atomic E-state index is 13.1. The standard InChI is InChI=1S/C82H160O17P2/c1-9-75(8)61-53-45-36-29-25-21-17-12-10-11-13-19-23-27-31-39-48-56-64-81(86)98-77(68-92-79(84)62-54-46-37-30-26-22-18-15-14-16-20-24-28-34-42-50-58-72(2)3)70-96-100(88,89)94-66-76(83)67-95-101(90,91)97-71-78(99-82(87)65-57-49-41-40-44-52-60-74(6)7)69-93-80(85)63-55-47-38-33-32-35-43-51-59-73(4)5/h72-78,83H,9-71H2,1-8H3,(H,88,89)(H,90,91)/t75?,76?,77-,78-/m1/s1. The molecule has 0 amide bonds. The number of rotatable bonds is 79. The third-order valence-electron chi connectivity index (χ3n) is 19.4. The van der Waals surface area contributed by atoms with Crippen LogP contribution in [-0.4, -0.2) is 96.7 Å². The molecule has 0 bridgehead atoms. The van der Waals surface area contributed by atoms with Crippen molar-refractivity contribution < 1.29 is 80.2 Å². The Bertz CT molecular complexity index is 1970. The zero-order valence-electron chi connectivity index (χ0n) is 66.5. The number of carbonyl (C=O) groups is 4. The van der Waals surface area contributed by atoms with Crippen LogP contribution in [0.2, 0.25) is 0 Å². The van der Waals surface area contributed by atoms with Gasteiger partial charge in [-0.05, 0) is 49.4 Å². The van der Waals surface area contributed by atoms with Crippen molar-refractivity contribution in [2.75, 3.05) is 39.6 Å². The molecule has 4 unspecified atom stereocenters. The lowest BCUT2D eigenvalue weighted by Gasteiger charge is -2.21. The Kier molecular flexibility index (Phi) is 69.6. The molecule has 0 heterocycles. The summed E-state index contributed by atoms with van der Waals surface area (Å²) in [6.45, 7) is 14.2. The minimum atomic E-state index is -4.96. The average Bonchev–Trinajstić information content (AvgIpc) is 0.929. The molecule has 0 aliphatic rings. The van der Waals surface area contributed by atoms with E-state index in [-0.39, 0.29) is 25.7 Å². The number of hydrogen-bond donors (Lipinski definition) is 3. The number of aliphatic hydroxyl groups is 1. The van der Waals surface area contributed by atoms with Crippen molar-refractivity contribution in [3.05, 3.63) is 0 Å². The van der Waals surface area contributed by atoms with E-state index >= 15 is 0 Å². The number of unbranched alkanes of at least 4 members (excludes halogenated alkanes) is 44. The second kappa shape index (κ2) is 71.0. The first-order valence-corrected chi connectivity index (χ1v) is 45.2. The average molecular weight is 1480 g/mol.